The molecule has 2 amide bonds. The van der Waals surface area contributed by atoms with Crippen LogP contribution in [0.1, 0.15) is 24.4 Å². The number of non-ortho nitro benzene ring substituents is 1. The SMILES string of the molecule is O=C(Nc1cccc([N+](=O)[O-])c1)N1CCC[C@H]1c1ccc(F)cc1. The summed E-state index contributed by atoms with van der Waals surface area (Å²) >= 11 is 0. The van der Waals surface area contributed by atoms with E-state index in [-0.39, 0.29) is 23.6 Å². The number of anilines is 1. The minimum Gasteiger partial charge on any atom is -0.317 e. The number of carbonyl (C=O) groups excluding carboxylic acids is 1. The fourth-order valence-electron chi connectivity index (χ4n) is 2.93. The van der Waals surface area contributed by atoms with Crippen LogP contribution in [0.25, 0.3) is 0 Å². The monoisotopic (exact) mass is 329 g/mol. The molecule has 0 unspecified atom stereocenters. The van der Waals surface area contributed by atoms with Crippen molar-refractivity contribution in [1.29, 1.82) is 0 Å². The maximum absolute atomic E-state index is 13.1. The van der Waals surface area contributed by atoms with Gasteiger partial charge >= 0.3 is 6.03 Å². The summed E-state index contributed by atoms with van der Waals surface area (Å²) in [4.78, 5) is 24.5. The number of nitrogens with zero attached hydrogens (tertiary/aromatic N) is 2. The molecule has 0 radical (unpaired) electrons. The number of hydrogen-bond donors (Lipinski definition) is 1. The van der Waals surface area contributed by atoms with E-state index >= 15 is 0 Å². The summed E-state index contributed by atoms with van der Waals surface area (Å²) in [5.41, 5.74) is 1.17. The number of urea groups is 1. The van der Waals surface area contributed by atoms with Crippen LogP contribution in [0, 0.1) is 15.9 Å². The Kier molecular flexibility index (Phi) is 4.41. The highest BCUT2D eigenvalue weighted by Crippen LogP contribution is 2.32. The van der Waals surface area contributed by atoms with E-state index in [1.54, 1.807) is 23.1 Å². The number of amides is 2. The van der Waals surface area contributed by atoms with Gasteiger partial charge in [0.05, 0.1) is 11.0 Å². The second kappa shape index (κ2) is 6.66. The van der Waals surface area contributed by atoms with Crippen LogP contribution >= 0.6 is 0 Å². The largest absolute Gasteiger partial charge is 0.322 e. The van der Waals surface area contributed by atoms with Crippen molar-refractivity contribution in [3.8, 4) is 0 Å². The van der Waals surface area contributed by atoms with Crippen LogP contribution in [0.4, 0.5) is 20.6 Å². The molecule has 0 bridgehead atoms. The molecule has 24 heavy (non-hydrogen) atoms. The third-order valence-electron chi connectivity index (χ3n) is 4.08. The third kappa shape index (κ3) is 3.34. The van der Waals surface area contributed by atoms with E-state index in [1.165, 1.54) is 30.3 Å². The molecule has 0 aromatic heterocycles. The summed E-state index contributed by atoms with van der Waals surface area (Å²) in [6, 6.07) is 11.5. The Balaban J connectivity index is 1.75. The fraction of sp³-hybridized carbons (Fsp3) is 0.235. The molecule has 0 aliphatic carbocycles. The minimum absolute atomic E-state index is 0.0793. The summed E-state index contributed by atoms with van der Waals surface area (Å²) in [5, 5.41) is 13.5. The number of nitro benzene ring substituents is 1. The van der Waals surface area contributed by atoms with Crippen molar-refractivity contribution in [1.82, 2.24) is 4.90 Å². The lowest BCUT2D eigenvalue weighted by atomic mass is 10.0. The minimum atomic E-state index is -0.507. The molecule has 1 N–H and O–H groups in total. The highest BCUT2D eigenvalue weighted by atomic mass is 19.1. The molecular weight excluding hydrogens is 313 g/mol. The number of hydrogen-bond acceptors (Lipinski definition) is 3. The van der Waals surface area contributed by atoms with E-state index in [2.05, 4.69) is 5.32 Å². The Labute approximate surface area is 138 Å². The Bertz CT molecular complexity index is 764. The molecule has 2 aromatic rings. The Hall–Kier alpha value is -2.96. The van der Waals surface area contributed by atoms with Gasteiger partial charge in [-0.15, -0.1) is 0 Å². The van der Waals surface area contributed by atoms with Crippen LogP contribution in [0.2, 0.25) is 0 Å². The quantitative estimate of drug-likeness (QED) is 0.680. The highest BCUT2D eigenvalue weighted by molar-refractivity contribution is 5.90. The summed E-state index contributed by atoms with van der Waals surface area (Å²) < 4.78 is 13.1. The number of halogens is 1. The molecule has 1 heterocycles. The smallest absolute Gasteiger partial charge is 0.317 e. The van der Waals surface area contributed by atoms with Crippen molar-refractivity contribution < 1.29 is 14.1 Å². The predicted octanol–water partition coefficient (Wildman–Crippen LogP) is 4.10. The van der Waals surface area contributed by atoms with E-state index < -0.39 is 4.92 Å². The summed E-state index contributed by atoms with van der Waals surface area (Å²) in [7, 11) is 0. The summed E-state index contributed by atoms with van der Waals surface area (Å²) in [6.45, 7) is 0.586. The molecule has 0 saturated carbocycles. The van der Waals surface area contributed by atoms with Gasteiger partial charge in [0, 0.05) is 24.4 Å². The average Bonchev–Trinajstić information content (AvgIpc) is 3.05. The van der Waals surface area contributed by atoms with Gasteiger partial charge in [0.15, 0.2) is 0 Å². The Morgan fingerprint density at radius 3 is 2.71 bits per heavy atom. The van der Waals surface area contributed by atoms with Crippen LogP contribution in [-0.4, -0.2) is 22.4 Å². The van der Waals surface area contributed by atoms with E-state index in [4.69, 9.17) is 0 Å². The second-order valence-corrected chi connectivity index (χ2v) is 5.64. The van der Waals surface area contributed by atoms with E-state index in [0.29, 0.717) is 12.2 Å². The van der Waals surface area contributed by atoms with E-state index in [0.717, 1.165) is 18.4 Å². The van der Waals surface area contributed by atoms with Gasteiger partial charge in [-0.25, -0.2) is 9.18 Å². The number of rotatable bonds is 3. The van der Waals surface area contributed by atoms with Gasteiger partial charge in [-0.3, -0.25) is 10.1 Å². The molecule has 1 atom stereocenters. The molecule has 0 spiro atoms. The van der Waals surface area contributed by atoms with Crippen molar-refractivity contribution in [3.05, 3.63) is 70.0 Å². The second-order valence-electron chi connectivity index (χ2n) is 5.64. The van der Waals surface area contributed by atoms with Crippen LogP contribution in [-0.2, 0) is 0 Å². The van der Waals surface area contributed by atoms with Crippen molar-refractivity contribution in [2.45, 2.75) is 18.9 Å². The summed E-state index contributed by atoms with van der Waals surface area (Å²) in [5.74, 6) is -0.315. The number of likely N-dealkylation sites (tertiary alicyclic amines) is 1. The van der Waals surface area contributed by atoms with E-state index in [1.807, 2.05) is 0 Å². The zero-order chi connectivity index (χ0) is 17.1. The molecule has 124 valence electrons. The average molecular weight is 329 g/mol. The van der Waals surface area contributed by atoms with Crippen LogP contribution in [0.15, 0.2) is 48.5 Å². The lowest BCUT2D eigenvalue weighted by Crippen LogP contribution is -2.34. The van der Waals surface area contributed by atoms with Gasteiger partial charge < -0.3 is 10.2 Å². The lowest BCUT2D eigenvalue weighted by Gasteiger charge is -2.25. The van der Waals surface area contributed by atoms with Gasteiger partial charge in [0.25, 0.3) is 5.69 Å². The lowest BCUT2D eigenvalue weighted by molar-refractivity contribution is -0.384. The zero-order valence-corrected chi connectivity index (χ0v) is 12.8. The maximum Gasteiger partial charge on any atom is 0.322 e. The standard InChI is InChI=1S/C17H16FN3O3/c18-13-8-6-12(7-9-13)16-5-2-10-20(16)17(22)19-14-3-1-4-15(11-14)21(23)24/h1,3-4,6-9,11,16H,2,5,10H2,(H,19,22)/t16-/m0/s1. The maximum atomic E-state index is 13.1. The van der Waals surface area contributed by atoms with Gasteiger partial charge in [-0.05, 0) is 36.6 Å². The first-order chi connectivity index (χ1) is 11.5. The number of nitro groups is 1. The Morgan fingerprint density at radius 1 is 1.25 bits per heavy atom. The molecule has 3 rings (SSSR count). The van der Waals surface area contributed by atoms with Crippen LogP contribution < -0.4 is 5.32 Å². The van der Waals surface area contributed by atoms with Crippen molar-refractivity contribution in [2.24, 2.45) is 0 Å². The topological polar surface area (TPSA) is 75.5 Å². The number of carbonyl (C=O) groups is 1. The van der Waals surface area contributed by atoms with Crippen LogP contribution in [0.3, 0.4) is 0 Å². The van der Waals surface area contributed by atoms with Crippen molar-refractivity contribution in [3.63, 3.8) is 0 Å². The van der Waals surface area contributed by atoms with Crippen molar-refractivity contribution in [2.75, 3.05) is 11.9 Å². The fourth-order valence-corrected chi connectivity index (χ4v) is 2.93. The number of nitrogens with one attached hydrogen (secondary N) is 1. The first-order valence-electron chi connectivity index (χ1n) is 7.62. The van der Waals surface area contributed by atoms with Gasteiger partial charge in [0.2, 0.25) is 0 Å². The number of benzene rings is 2. The molecule has 1 saturated heterocycles. The van der Waals surface area contributed by atoms with Gasteiger partial charge in [-0.2, -0.15) is 0 Å². The highest BCUT2D eigenvalue weighted by Gasteiger charge is 2.30. The van der Waals surface area contributed by atoms with Crippen molar-refractivity contribution >= 4 is 17.4 Å². The third-order valence-corrected chi connectivity index (χ3v) is 4.08. The molecule has 6 nitrogen and oxygen atoms in total. The molecule has 1 fully saturated rings. The molecule has 1 aliphatic heterocycles. The molecule has 1 aliphatic rings. The Morgan fingerprint density at radius 2 is 2.00 bits per heavy atom. The summed E-state index contributed by atoms with van der Waals surface area (Å²) in [6.07, 6.45) is 1.65. The van der Waals surface area contributed by atoms with E-state index in [9.17, 15) is 19.3 Å². The predicted molar refractivity (Wildman–Crippen MR) is 87.2 cm³/mol. The first-order valence-corrected chi connectivity index (χ1v) is 7.62. The van der Waals surface area contributed by atoms with Gasteiger partial charge in [0.1, 0.15) is 5.82 Å². The normalized spacial score (nSPS) is 16.9. The molecule has 2 aromatic carbocycles. The molecular formula is C17H16FN3O3. The van der Waals surface area contributed by atoms with Gasteiger partial charge in [-0.1, -0.05) is 18.2 Å². The van der Waals surface area contributed by atoms with Crippen LogP contribution in [0.5, 0.6) is 0 Å². The zero-order valence-electron chi connectivity index (χ0n) is 12.8. The molecule has 7 heteroatoms. The first kappa shape index (κ1) is 15.9.